The molecule has 3 atom stereocenters. The summed E-state index contributed by atoms with van der Waals surface area (Å²) in [4.78, 5) is 46.4. The fraction of sp³-hybridized carbons (Fsp3) is 0.481. The quantitative estimate of drug-likeness (QED) is 0.680. The number of nitrogens with one attached hydrogen (secondary N) is 1. The lowest BCUT2D eigenvalue weighted by molar-refractivity contribution is -0.116. The summed E-state index contributed by atoms with van der Waals surface area (Å²) >= 11 is 0. The van der Waals surface area contributed by atoms with E-state index in [0.29, 0.717) is 42.1 Å². The molecule has 1 aliphatic heterocycles. The van der Waals surface area contributed by atoms with Gasteiger partial charge in [0.2, 0.25) is 5.91 Å². The highest BCUT2D eigenvalue weighted by Gasteiger charge is 2.31. The lowest BCUT2D eigenvalue weighted by Crippen LogP contribution is -2.48. The first-order chi connectivity index (χ1) is 17.2. The van der Waals surface area contributed by atoms with Crippen molar-refractivity contribution in [3.05, 3.63) is 53.9 Å². The predicted molar refractivity (Wildman–Crippen MR) is 137 cm³/mol. The normalized spacial score (nSPS) is 21.0. The summed E-state index contributed by atoms with van der Waals surface area (Å²) in [5.74, 6) is -0.159. The molecule has 0 unspecified atom stereocenters. The molecule has 0 saturated carbocycles. The van der Waals surface area contributed by atoms with Crippen molar-refractivity contribution in [1.82, 2.24) is 14.8 Å². The molecular formula is C27H36N4O5. The van der Waals surface area contributed by atoms with Crippen molar-refractivity contribution in [3.63, 3.8) is 0 Å². The van der Waals surface area contributed by atoms with Crippen LogP contribution in [0.15, 0.2) is 42.7 Å². The Hall–Kier alpha value is -3.46. The van der Waals surface area contributed by atoms with Gasteiger partial charge >= 0.3 is 0 Å². The van der Waals surface area contributed by atoms with E-state index in [2.05, 4.69) is 10.3 Å². The molecule has 0 radical (unpaired) electrons. The third-order valence-corrected chi connectivity index (χ3v) is 6.37. The molecule has 0 fully saturated rings. The number of hydrogen-bond acceptors (Lipinski definition) is 6. The van der Waals surface area contributed by atoms with E-state index in [4.69, 9.17) is 9.47 Å². The van der Waals surface area contributed by atoms with Gasteiger partial charge in [0.15, 0.2) is 0 Å². The van der Waals surface area contributed by atoms with Gasteiger partial charge in [-0.05, 0) is 43.7 Å². The minimum atomic E-state index is -0.299. The number of carbonyl (C=O) groups is 3. The van der Waals surface area contributed by atoms with Crippen LogP contribution in [0.1, 0.15) is 54.3 Å². The number of methoxy groups -OCH3 is 1. The van der Waals surface area contributed by atoms with Gasteiger partial charge in [-0.1, -0.05) is 13.8 Å². The van der Waals surface area contributed by atoms with E-state index in [0.717, 1.165) is 6.42 Å². The molecule has 36 heavy (non-hydrogen) atoms. The number of rotatable bonds is 5. The van der Waals surface area contributed by atoms with Crippen LogP contribution >= 0.6 is 0 Å². The molecule has 2 aromatic rings. The van der Waals surface area contributed by atoms with E-state index in [1.165, 1.54) is 0 Å². The number of fused-ring (bicyclic) bond motifs is 1. The highest BCUT2D eigenvalue weighted by Crippen LogP contribution is 2.27. The molecule has 0 aliphatic carbocycles. The van der Waals surface area contributed by atoms with Gasteiger partial charge in [0.25, 0.3) is 11.8 Å². The van der Waals surface area contributed by atoms with Crippen LogP contribution in [0, 0.1) is 5.92 Å². The van der Waals surface area contributed by atoms with Gasteiger partial charge in [0, 0.05) is 57.7 Å². The van der Waals surface area contributed by atoms with Crippen LogP contribution in [0.2, 0.25) is 0 Å². The SMILES string of the molecule is CCCC(=O)Nc1ccc2c(c1)C(=O)N(C)C[C@H](OC)[C@H](C)CN(C(=O)c1cccnc1)[C@@H](C)CO2. The van der Waals surface area contributed by atoms with Crippen LogP contribution in [0.25, 0.3) is 0 Å². The summed E-state index contributed by atoms with van der Waals surface area (Å²) in [5.41, 5.74) is 1.37. The first kappa shape index (κ1) is 27.1. The zero-order chi connectivity index (χ0) is 26.2. The van der Waals surface area contributed by atoms with Gasteiger partial charge in [0.05, 0.1) is 23.3 Å². The van der Waals surface area contributed by atoms with Crippen molar-refractivity contribution in [2.75, 3.05) is 39.2 Å². The third-order valence-electron chi connectivity index (χ3n) is 6.37. The van der Waals surface area contributed by atoms with Gasteiger partial charge in [-0.25, -0.2) is 0 Å². The van der Waals surface area contributed by atoms with Crippen LogP contribution in [-0.2, 0) is 9.53 Å². The van der Waals surface area contributed by atoms with Gasteiger partial charge in [-0.15, -0.1) is 0 Å². The average molecular weight is 497 g/mol. The fourth-order valence-electron chi connectivity index (χ4n) is 4.24. The summed E-state index contributed by atoms with van der Waals surface area (Å²) in [7, 11) is 3.32. The number of likely N-dealkylation sites (N-methyl/N-ethyl adjacent to an activating group) is 1. The molecule has 9 nitrogen and oxygen atoms in total. The Morgan fingerprint density at radius 1 is 1.22 bits per heavy atom. The lowest BCUT2D eigenvalue weighted by Gasteiger charge is -2.36. The fourth-order valence-corrected chi connectivity index (χ4v) is 4.24. The Morgan fingerprint density at radius 3 is 2.67 bits per heavy atom. The van der Waals surface area contributed by atoms with Gasteiger partial charge in [-0.3, -0.25) is 19.4 Å². The molecule has 1 aromatic heterocycles. The highest BCUT2D eigenvalue weighted by atomic mass is 16.5. The average Bonchev–Trinajstić information content (AvgIpc) is 2.88. The summed E-state index contributed by atoms with van der Waals surface area (Å²) in [6.07, 6.45) is 4.01. The summed E-state index contributed by atoms with van der Waals surface area (Å²) in [6, 6.07) is 8.23. The lowest BCUT2D eigenvalue weighted by atomic mass is 10.0. The van der Waals surface area contributed by atoms with Gasteiger partial charge < -0.3 is 24.6 Å². The molecule has 0 spiro atoms. The summed E-state index contributed by atoms with van der Waals surface area (Å²) < 4.78 is 11.9. The van der Waals surface area contributed by atoms with E-state index < -0.39 is 0 Å². The molecule has 3 amide bonds. The van der Waals surface area contributed by atoms with Crippen molar-refractivity contribution in [3.8, 4) is 5.75 Å². The van der Waals surface area contributed by atoms with Crippen LogP contribution in [0.4, 0.5) is 5.69 Å². The number of amides is 3. The van der Waals surface area contributed by atoms with Crippen molar-refractivity contribution in [2.45, 2.75) is 45.8 Å². The topological polar surface area (TPSA) is 101 Å². The first-order valence-electron chi connectivity index (χ1n) is 12.3. The number of ether oxygens (including phenoxy) is 2. The van der Waals surface area contributed by atoms with Crippen molar-refractivity contribution < 1.29 is 23.9 Å². The van der Waals surface area contributed by atoms with Crippen molar-refractivity contribution in [1.29, 1.82) is 0 Å². The maximum Gasteiger partial charge on any atom is 0.257 e. The van der Waals surface area contributed by atoms with E-state index in [-0.39, 0.29) is 42.4 Å². The third kappa shape index (κ3) is 6.60. The van der Waals surface area contributed by atoms with Crippen LogP contribution in [-0.4, -0.2) is 78.5 Å². The molecule has 3 rings (SSSR count). The standard InChI is InChI=1S/C27H36N4O5/c1-6-8-25(32)29-21-10-11-23-22(13-21)27(34)30(4)16-24(35-5)18(2)15-31(19(3)17-36-23)26(33)20-9-7-12-28-14-20/h7,9-14,18-19,24H,6,8,15-17H2,1-5H3,(H,29,32)/t18-,19+,24+/m1/s1. The smallest absolute Gasteiger partial charge is 0.257 e. The summed E-state index contributed by atoms with van der Waals surface area (Å²) in [6.45, 7) is 6.79. The van der Waals surface area contributed by atoms with Crippen LogP contribution in [0.3, 0.4) is 0 Å². The van der Waals surface area contributed by atoms with Gasteiger partial charge in [0.1, 0.15) is 12.4 Å². The Kier molecular flexibility index (Phi) is 9.41. The Morgan fingerprint density at radius 2 is 2.00 bits per heavy atom. The monoisotopic (exact) mass is 496 g/mol. The number of anilines is 1. The van der Waals surface area contributed by atoms with E-state index >= 15 is 0 Å². The van der Waals surface area contributed by atoms with Crippen molar-refractivity contribution >= 4 is 23.4 Å². The largest absolute Gasteiger partial charge is 0.491 e. The minimum absolute atomic E-state index is 0.0631. The highest BCUT2D eigenvalue weighted by molar-refractivity contribution is 5.99. The summed E-state index contributed by atoms with van der Waals surface area (Å²) in [5, 5.41) is 2.84. The van der Waals surface area contributed by atoms with Crippen LogP contribution < -0.4 is 10.1 Å². The number of benzene rings is 1. The molecule has 1 aliphatic rings. The Balaban J connectivity index is 1.96. The molecule has 194 valence electrons. The van der Waals surface area contributed by atoms with E-state index in [9.17, 15) is 14.4 Å². The second-order valence-corrected chi connectivity index (χ2v) is 9.31. The number of pyridine rings is 1. The first-order valence-corrected chi connectivity index (χ1v) is 12.3. The molecule has 1 aromatic carbocycles. The minimum Gasteiger partial charge on any atom is -0.491 e. The zero-order valence-corrected chi connectivity index (χ0v) is 21.7. The maximum absolute atomic E-state index is 13.4. The molecular weight excluding hydrogens is 460 g/mol. The maximum atomic E-state index is 13.4. The molecule has 0 saturated heterocycles. The number of hydrogen-bond donors (Lipinski definition) is 1. The number of nitrogens with zero attached hydrogens (tertiary/aromatic N) is 3. The van der Waals surface area contributed by atoms with E-state index in [1.807, 2.05) is 20.8 Å². The Labute approximate surface area is 212 Å². The second kappa shape index (κ2) is 12.5. The Bertz CT molecular complexity index is 1060. The van der Waals surface area contributed by atoms with E-state index in [1.54, 1.807) is 66.7 Å². The molecule has 0 bridgehead atoms. The van der Waals surface area contributed by atoms with Crippen molar-refractivity contribution in [2.24, 2.45) is 5.92 Å². The number of aromatic nitrogens is 1. The molecule has 2 heterocycles. The predicted octanol–water partition coefficient (Wildman–Crippen LogP) is 3.47. The molecule has 1 N–H and O–H groups in total. The molecule has 9 heteroatoms. The van der Waals surface area contributed by atoms with Crippen LogP contribution in [0.5, 0.6) is 5.75 Å². The second-order valence-electron chi connectivity index (χ2n) is 9.31. The zero-order valence-electron chi connectivity index (χ0n) is 21.7. The van der Waals surface area contributed by atoms with Gasteiger partial charge in [-0.2, -0.15) is 0 Å². The number of carbonyl (C=O) groups excluding carboxylic acids is 3.